The molecule has 0 heterocycles. The topological polar surface area (TPSA) is 0 Å². The van der Waals surface area contributed by atoms with Gasteiger partial charge in [0.1, 0.15) is 0 Å². The van der Waals surface area contributed by atoms with Crippen molar-refractivity contribution in [3.63, 3.8) is 0 Å². The zero-order valence-corrected chi connectivity index (χ0v) is 8.00. The summed E-state index contributed by atoms with van der Waals surface area (Å²) in [5.41, 5.74) is 2.54. The number of fused-ring (bicyclic) bond motifs is 1. The molecule has 2 aliphatic carbocycles. The lowest BCUT2D eigenvalue weighted by molar-refractivity contribution is 0.457. The summed E-state index contributed by atoms with van der Waals surface area (Å²) in [6.07, 6.45) is 8.82. The molecule has 3 atom stereocenters. The Morgan fingerprint density at radius 2 is 1.85 bits per heavy atom. The van der Waals surface area contributed by atoms with Crippen LogP contribution in [0.25, 0.3) is 0 Å². The van der Waals surface area contributed by atoms with Crippen LogP contribution in [0.5, 0.6) is 0 Å². The Labute approximate surface area is 80.3 Å². The first-order chi connectivity index (χ1) is 6.24. The fourth-order valence-corrected chi connectivity index (χ4v) is 2.69. The van der Waals surface area contributed by atoms with Crippen molar-refractivity contribution in [1.82, 2.24) is 0 Å². The van der Waals surface area contributed by atoms with Crippen molar-refractivity contribution in [1.29, 1.82) is 0 Å². The lowest BCUT2D eigenvalue weighted by Crippen LogP contribution is -2.18. The Kier molecular flexibility index (Phi) is 1.99. The third-order valence-corrected chi connectivity index (χ3v) is 3.42. The molecule has 2 rings (SSSR count). The highest BCUT2D eigenvalue weighted by Gasteiger charge is 2.37. The molecule has 0 aromatic carbocycles. The molecule has 2 aliphatic rings. The molecule has 0 saturated heterocycles. The maximum atomic E-state index is 4.11. The minimum absolute atomic E-state index is 0.593. The Bertz CT molecular complexity index is 293. The molecule has 1 fully saturated rings. The first kappa shape index (κ1) is 8.55. The number of allylic oxidation sites excluding steroid dienone is 5. The Hall–Kier alpha value is -1.04. The lowest BCUT2D eigenvalue weighted by atomic mass is 9.76. The van der Waals surface area contributed by atoms with Crippen molar-refractivity contribution in [2.45, 2.75) is 12.8 Å². The summed E-state index contributed by atoms with van der Waals surface area (Å²) in [6.45, 7) is 12.1. The van der Waals surface area contributed by atoms with E-state index in [0.29, 0.717) is 17.8 Å². The van der Waals surface area contributed by atoms with Gasteiger partial charge in [0.15, 0.2) is 0 Å². The molecule has 0 aromatic heterocycles. The van der Waals surface area contributed by atoms with Crippen LogP contribution in [0.15, 0.2) is 49.1 Å². The van der Waals surface area contributed by atoms with Crippen LogP contribution < -0.4 is 0 Å². The molecular formula is C13H16. The van der Waals surface area contributed by atoms with Gasteiger partial charge in [-0.25, -0.2) is 0 Å². The van der Waals surface area contributed by atoms with Crippen LogP contribution in [0.1, 0.15) is 12.8 Å². The van der Waals surface area contributed by atoms with Crippen LogP contribution in [0, 0.1) is 17.8 Å². The second kappa shape index (κ2) is 3.02. The Balaban J connectivity index is 2.33. The van der Waals surface area contributed by atoms with Gasteiger partial charge in [-0.15, -0.1) is 6.58 Å². The van der Waals surface area contributed by atoms with Gasteiger partial charge in [-0.2, -0.15) is 0 Å². The van der Waals surface area contributed by atoms with Crippen molar-refractivity contribution in [3.8, 4) is 0 Å². The molecule has 0 bridgehead atoms. The Morgan fingerprint density at radius 1 is 1.15 bits per heavy atom. The third kappa shape index (κ3) is 1.21. The zero-order valence-electron chi connectivity index (χ0n) is 8.00. The van der Waals surface area contributed by atoms with E-state index in [1.165, 1.54) is 24.0 Å². The highest BCUT2D eigenvalue weighted by atomic mass is 14.4. The molecule has 13 heavy (non-hydrogen) atoms. The molecule has 0 heteroatoms. The fourth-order valence-electron chi connectivity index (χ4n) is 2.69. The number of hydrogen-bond acceptors (Lipinski definition) is 0. The van der Waals surface area contributed by atoms with E-state index in [4.69, 9.17) is 0 Å². The first-order valence-electron chi connectivity index (χ1n) is 4.92. The molecule has 0 aromatic rings. The maximum absolute atomic E-state index is 4.11. The predicted molar refractivity (Wildman–Crippen MR) is 57.3 cm³/mol. The molecule has 0 N–H and O–H groups in total. The summed E-state index contributed by atoms with van der Waals surface area (Å²) in [7, 11) is 0. The van der Waals surface area contributed by atoms with Gasteiger partial charge >= 0.3 is 0 Å². The summed E-state index contributed by atoms with van der Waals surface area (Å²) < 4.78 is 0. The van der Waals surface area contributed by atoms with E-state index in [1.807, 2.05) is 0 Å². The molecule has 0 spiro atoms. The third-order valence-electron chi connectivity index (χ3n) is 3.42. The zero-order chi connectivity index (χ0) is 9.42. The Morgan fingerprint density at radius 3 is 2.54 bits per heavy atom. The average molecular weight is 172 g/mol. The van der Waals surface area contributed by atoms with E-state index in [1.54, 1.807) is 0 Å². The number of rotatable bonds is 1. The van der Waals surface area contributed by atoms with Gasteiger partial charge in [-0.05, 0) is 30.6 Å². The van der Waals surface area contributed by atoms with Gasteiger partial charge in [0.05, 0.1) is 0 Å². The summed E-state index contributed by atoms with van der Waals surface area (Å²) in [5.74, 6) is 1.86. The maximum Gasteiger partial charge on any atom is -0.00363 e. The molecular weight excluding hydrogens is 156 g/mol. The first-order valence-corrected chi connectivity index (χ1v) is 4.92. The summed E-state index contributed by atoms with van der Waals surface area (Å²) >= 11 is 0. The summed E-state index contributed by atoms with van der Waals surface area (Å²) in [5, 5.41) is 0. The smallest absolute Gasteiger partial charge is 0.00363 e. The van der Waals surface area contributed by atoms with Crippen molar-refractivity contribution < 1.29 is 0 Å². The molecule has 0 aliphatic heterocycles. The molecule has 68 valence electrons. The van der Waals surface area contributed by atoms with Crippen LogP contribution in [-0.4, -0.2) is 0 Å². The molecule has 0 unspecified atom stereocenters. The predicted octanol–water partition coefficient (Wildman–Crippen LogP) is 3.50. The minimum Gasteiger partial charge on any atom is -0.103 e. The fraction of sp³-hybridized carbons (Fsp3) is 0.385. The van der Waals surface area contributed by atoms with Gasteiger partial charge in [-0.1, -0.05) is 42.5 Å². The second-order valence-corrected chi connectivity index (χ2v) is 4.09. The monoisotopic (exact) mass is 172 g/mol. The van der Waals surface area contributed by atoms with Gasteiger partial charge in [0.2, 0.25) is 0 Å². The molecule has 0 amide bonds. The van der Waals surface area contributed by atoms with Crippen molar-refractivity contribution >= 4 is 0 Å². The van der Waals surface area contributed by atoms with E-state index >= 15 is 0 Å². The van der Waals surface area contributed by atoms with E-state index in [2.05, 4.69) is 38.0 Å². The molecule has 0 radical (unpaired) electrons. The van der Waals surface area contributed by atoms with Gasteiger partial charge in [-0.3, -0.25) is 0 Å². The van der Waals surface area contributed by atoms with E-state index in [9.17, 15) is 0 Å². The lowest BCUT2D eigenvalue weighted by Gasteiger charge is -2.28. The normalized spacial score (nSPS) is 37.7. The van der Waals surface area contributed by atoms with E-state index < -0.39 is 0 Å². The number of hydrogen-bond donors (Lipinski definition) is 0. The SMILES string of the molecule is C=C[C@H]1CC[C@H]2C(=C)C=CC(=C)[C@@H]12. The van der Waals surface area contributed by atoms with Crippen molar-refractivity contribution in [2.24, 2.45) is 17.8 Å². The molecule has 1 saturated carbocycles. The van der Waals surface area contributed by atoms with Crippen LogP contribution in [0.2, 0.25) is 0 Å². The van der Waals surface area contributed by atoms with Gasteiger partial charge in [0.25, 0.3) is 0 Å². The van der Waals surface area contributed by atoms with E-state index in [-0.39, 0.29) is 0 Å². The van der Waals surface area contributed by atoms with Crippen LogP contribution in [0.4, 0.5) is 0 Å². The largest absolute Gasteiger partial charge is 0.103 e. The minimum atomic E-state index is 0.593. The second-order valence-electron chi connectivity index (χ2n) is 4.09. The van der Waals surface area contributed by atoms with Crippen LogP contribution in [0.3, 0.4) is 0 Å². The highest BCUT2D eigenvalue weighted by molar-refractivity contribution is 5.38. The quantitative estimate of drug-likeness (QED) is 0.531. The van der Waals surface area contributed by atoms with Crippen LogP contribution >= 0.6 is 0 Å². The summed E-state index contributed by atoms with van der Waals surface area (Å²) in [4.78, 5) is 0. The van der Waals surface area contributed by atoms with Gasteiger partial charge < -0.3 is 0 Å². The van der Waals surface area contributed by atoms with Gasteiger partial charge in [0, 0.05) is 0 Å². The average Bonchev–Trinajstić information content (AvgIpc) is 2.56. The van der Waals surface area contributed by atoms with Crippen molar-refractivity contribution in [2.75, 3.05) is 0 Å². The summed E-state index contributed by atoms with van der Waals surface area (Å²) in [6, 6.07) is 0. The van der Waals surface area contributed by atoms with E-state index in [0.717, 1.165) is 0 Å². The van der Waals surface area contributed by atoms with Crippen LogP contribution in [-0.2, 0) is 0 Å². The standard InChI is InChI=1S/C13H16/c1-4-11-7-8-12-9(2)5-6-10(3)13(11)12/h4-6,11-13H,1-3,7-8H2/t11-,12-,13-/m0/s1. The van der Waals surface area contributed by atoms with Crippen molar-refractivity contribution in [3.05, 3.63) is 49.1 Å². The molecule has 0 nitrogen and oxygen atoms in total. The highest BCUT2D eigenvalue weighted by Crippen LogP contribution is 2.47.